The molecule has 108 valence electrons. The van der Waals surface area contributed by atoms with Crippen LogP contribution in [0.5, 0.6) is 0 Å². The van der Waals surface area contributed by atoms with Crippen molar-refractivity contribution < 1.29 is 12.8 Å². The molecule has 0 aliphatic heterocycles. The molecule has 0 bridgehead atoms. The Kier molecular flexibility index (Phi) is 4.51. The maximum Gasteiger partial charge on any atom is 0.247 e. The van der Waals surface area contributed by atoms with Crippen molar-refractivity contribution in [3.8, 4) is 11.5 Å². The summed E-state index contributed by atoms with van der Waals surface area (Å²) in [5, 5.41) is 7.92. The molecule has 0 fully saturated rings. The van der Waals surface area contributed by atoms with Gasteiger partial charge in [-0.2, -0.15) is 0 Å². The van der Waals surface area contributed by atoms with E-state index < -0.39 is 10.0 Å². The van der Waals surface area contributed by atoms with Crippen molar-refractivity contribution in [1.82, 2.24) is 14.9 Å². The second-order valence-electron chi connectivity index (χ2n) is 4.36. The normalized spacial score (nSPS) is 11.7. The van der Waals surface area contributed by atoms with E-state index in [1.165, 1.54) is 0 Å². The third kappa shape index (κ3) is 3.64. The summed E-state index contributed by atoms with van der Waals surface area (Å²) in [4.78, 5) is 0. The number of hydrogen-bond acceptors (Lipinski definition) is 5. The molecule has 0 atom stereocenters. The lowest BCUT2D eigenvalue weighted by atomic mass is 10.1. The number of nitrogens with zero attached hydrogens (tertiary/aromatic N) is 2. The van der Waals surface area contributed by atoms with E-state index in [4.69, 9.17) is 4.42 Å². The third-order valence-corrected chi connectivity index (χ3v) is 4.29. The molecular weight excluding hydrogens is 278 g/mol. The van der Waals surface area contributed by atoms with Gasteiger partial charge in [-0.1, -0.05) is 18.2 Å². The van der Waals surface area contributed by atoms with Crippen LogP contribution in [0.3, 0.4) is 0 Å². The Morgan fingerprint density at radius 1 is 1.25 bits per heavy atom. The van der Waals surface area contributed by atoms with E-state index in [1.807, 2.05) is 31.2 Å². The SMILES string of the molecule is CCS(=O)(=O)NCCc1nnc(-c2ccccc2C)o1. The molecule has 0 radical (unpaired) electrons. The van der Waals surface area contributed by atoms with E-state index in [1.54, 1.807) is 6.92 Å². The molecule has 20 heavy (non-hydrogen) atoms. The fraction of sp³-hybridized carbons (Fsp3) is 0.385. The van der Waals surface area contributed by atoms with Crippen molar-refractivity contribution in [2.75, 3.05) is 12.3 Å². The predicted molar refractivity (Wildman–Crippen MR) is 75.6 cm³/mol. The van der Waals surface area contributed by atoms with Crippen LogP contribution >= 0.6 is 0 Å². The largest absolute Gasteiger partial charge is 0.421 e. The molecule has 6 nitrogen and oxygen atoms in total. The van der Waals surface area contributed by atoms with Crippen LogP contribution < -0.4 is 4.72 Å². The molecule has 1 aromatic heterocycles. The Morgan fingerprint density at radius 3 is 2.70 bits per heavy atom. The van der Waals surface area contributed by atoms with E-state index in [2.05, 4.69) is 14.9 Å². The van der Waals surface area contributed by atoms with Gasteiger partial charge in [-0.15, -0.1) is 10.2 Å². The van der Waals surface area contributed by atoms with Gasteiger partial charge >= 0.3 is 0 Å². The number of hydrogen-bond donors (Lipinski definition) is 1. The standard InChI is InChI=1S/C13H17N3O3S/c1-3-20(17,18)14-9-8-12-15-16-13(19-12)11-7-5-4-6-10(11)2/h4-7,14H,3,8-9H2,1-2H3. The van der Waals surface area contributed by atoms with E-state index in [9.17, 15) is 8.42 Å². The van der Waals surface area contributed by atoms with Gasteiger partial charge in [-0.05, 0) is 25.5 Å². The Morgan fingerprint density at radius 2 is 2.00 bits per heavy atom. The number of rotatable bonds is 6. The second kappa shape index (κ2) is 6.15. The van der Waals surface area contributed by atoms with Gasteiger partial charge in [0.2, 0.25) is 21.8 Å². The fourth-order valence-corrected chi connectivity index (χ4v) is 2.31. The van der Waals surface area contributed by atoms with Crippen molar-refractivity contribution in [3.05, 3.63) is 35.7 Å². The molecule has 2 rings (SSSR count). The summed E-state index contributed by atoms with van der Waals surface area (Å²) in [5.74, 6) is 0.934. The molecule has 0 aliphatic carbocycles. The highest BCUT2D eigenvalue weighted by Gasteiger charge is 2.11. The van der Waals surface area contributed by atoms with Gasteiger partial charge in [0.1, 0.15) is 0 Å². The Labute approximate surface area is 118 Å². The molecule has 1 N–H and O–H groups in total. The zero-order valence-corrected chi connectivity index (χ0v) is 12.3. The summed E-state index contributed by atoms with van der Waals surface area (Å²) in [6.07, 6.45) is 0.373. The molecule has 1 aromatic carbocycles. The molecule has 0 unspecified atom stereocenters. The second-order valence-corrected chi connectivity index (χ2v) is 6.46. The van der Waals surface area contributed by atoms with Crippen LogP contribution in [-0.4, -0.2) is 30.9 Å². The first-order valence-corrected chi connectivity index (χ1v) is 8.03. The first-order valence-electron chi connectivity index (χ1n) is 6.37. The van der Waals surface area contributed by atoms with Crippen LogP contribution in [0, 0.1) is 6.92 Å². The van der Waals surface area contributed by atoms with Gasteiger partial charge in [-0.3, -0.25) is 0 Å². The monoisotopic (exact) mass is 295 g/mol. The van der Waals surface area contributed by atoms with Crippen molar-refractivity contribution in [2.24, 2.45) is 0 Å². The molecular formula is C13H17N3O3S. The summed E-state index contributed by atoms with van der Waals surface area (Å²) in [5.41, 5.74) is 1.94. The molecule has 0 saturated carbocycles. The van der Waals surface area contributed by atoms with Crippen molar-refractivity contribution >= 4 is 10.0 Å². The number of aromatic nitrogens is 2. The average Bonchev–Trinajstić information content (AvgIpc) is 2.88. The molecule has 2 aromatic rings. The summed E-state index contributed by atoms with van der Waals surface area (Å²) in [6, 6.07) is 7.72. The Hall–Kier alpha value is -1.73. The number of sulfonamides is 1. The Bertz CT molecular complexity index is 680. The van der Waals surface area contributed by atoms with Crippen LogP contribution in [0.1, 0.15) is 18.4 Å². The molecule has 0 spiro atoms. The summed E-state index contributed by atoms with van der Waals surface area (Å²) in [6.45, 7) is 3.81. The molecule has 0 aliphatic rings. The van der Waals surface area contributed by atoms with Crippen LogP contribution in [0.2, 0.25) is 0 Å². The van der Waals surface area contributed by atoms with E-state index in [0.717, 1.165) is 11.1 Å². The smallest absolute Gasteiger partial charge is 0.247 e. The zero-order chi connectivity index (χ0) is 14.6. The van der Waals surface area contributed by atoms with E-state index in [-0.39, 0.29) is 12.3 Å². The topological polar surface area (TPSA) is 85.1 Å². The highest BCUT2D eigenvalue weighted by atomic mass is 32.2. The average molecular weight is 295 g/mol. The predicted octanol–water partition coefficient (Wildman–Crippen LogP) is 1.53. The zero-order valence-electron chi connectivity index (χ0n) is 11.5. The highest BCUT2D eigenvalue weighted by molar-refractivity contribution is 7.89. The quantitative estimate of drug-likeness (QED) is 0.873. The first-order chi connectivity index (χ1) is 9.52. The van der Waals surface area contributed by atoms with E-state index >= 15 is 0 Å². The van der Waals surface area contributed by atoms with Crippen LogP contribution in [-0.2, 0) is 16.4 Å². The summed E-state index contributed by atoms with van der Waals surface area (Å²) >= 11 is 0. The number of benzene rings is 1. The van der Waals surface area contributed by atoms with Gasteiger partial charge in [0, 0.05) is 18.5 Å². The van der Waals surface area contributed by atoms with Crippen molar-refractivity contribution in [3.63, 3.8) is 0 Å². The first kappa shape index (κ1) is 14.7. The summed E-state index contributed by atoms with van der Waals surface area (Å²) in [7, 11) is -3.18. The van der Waals surface area contributed by atoms with Gasteiger partial charge < -0.3 is 4.42 Å². The lowest BCUT2D eigenvalue weighted by Crippen LogP contribution is -2.27. The summed E-state index contributed by atoms with van der Waals surface area (Å²) < 4.78 is 30.6. The lowest BCUT2D eigenvalue weighted by molar-refractivity contribution is 0.502. The number of aryl methyl sites for hydroxylation is 1. The Balaban J connectivity index is 2.02. The van der Waals surface area contributed by atoms with Crippen molar-refractivity contribution in [1.29, 1.82) is 0 Å². The fourth-order valence-electron chi connectivity index (χ4n) is 1.69. The van der Waals surface area contributed by atoms with E-state index in [0.29, 0.717) is 18.2 Å². The minimum atomic E-state index is -3.18. The molecule has 7 heteroatoms. The third-order valence-electron chi connectivity index (χ3n) is 2.88. The minimum Gasteiger partial charge on any atom is -0.421 e. The van der Waals surface area contributed by atoms with Crippen LogP contribution in [0.15, 0.2) is 28.7 Å². The van der Waals surface area contributed by atoms with Crippen molar-refractivity contribution in [2.45, 2.75) is 20.3 Å². The number of nitrogens with one attached hydrogen (secondary N) is 1. The van der Waals surface area contributed by atoms with Gasteiger partial charge in [0.05, 0.1) is 5.75 Å². The van der Waals surface area contributed by atoms with Gasteiger partial charge in [0.15, 0.2) is 0 Å². The van der Waals surface area contributed by atoms with Crippen LogP contribution in [0.4, 0.5) is 0 Å². The minimum absolute atomic E-state index is 0.0608. The molecule has 1 heterocycles. The molecule has 0 amide bonds. The maximum atomic E-state index is 11.3. The maximum absolute atomic E-state index is 11.3. The van der Waals surface area contributed by atoms with Crippen LogP contribution in [0.25, 0.3) is 11.5 Å². The highest BCUT2D eigenvalue weighted by Crippen LogP contribution is 2.21. The van der Waals surface area contributed by atoms with Gasteiger partial charge in [-0.25, -0.2) is 13.1 Å². The molecule has 0 saturated heterocycles. The lowest BCUT2D eigenvalue weighted by Gasteiger charge is -2.01. The van der Waals surface area contributed by atoms with Gasteiger partial charge in [0.25, 0.3) is 0 Å².